The zero-order valence-corrected chi connectivity index (χ0v) is 11.1. The van der Waals surface area contributed by atoms with Crippen LogP contribution in [0.1, 0.15) is 34.9 Å². The number of oxazole rings is 1. The monoisotopic (exact) mass is 264 g/mol. The molecule has 0 aliphatic rings. The van der Waals surface area contributed by atoms with Crippen LogP contribution >= 0.6 is 0 Å². The van der Waals surface area contributed by atoms with Crippen molar-refractivity contribution in [3.05, 3.63) is 29.4 Å². The van der Waals surface area contributed by atoms with Crippen LogP contribution in [0.4, 0.5) is 5.82 Å². The Labute approximate surface area is 110 Å². The summed E-state index contributed by atoms with van der Waals surface area (Å²) in [6.07, 6.45) is 2.46. The summed E-state index contributed by atoms with van der Waals surface area (Å²) in [5.41, 5.74) is 6.01. The third-order valence-corrected chi connectivity index (χ3v) is 2.82. The van der Waals surface area contributed by atoms with E-state index in [0.29, 0.717) is 18.3 Å². The molecule has 2 heterocycles. The number of methoxy groups -OCH3 is 1. The number of nitrogen functional groups attached to an aromatic ring is 1. The number of rotatable bonds is 4. The quantitative estimate of drug-likeness (QED) is 0.832. The molecular formula is C12H16N4O3. The summed E-state index contributed by atoms with van der Waals surface area (Å²) in [4.78, 5) is 19.7. The molecule has 2 aromatic heterocycles. The van der Waals surface area contributed by atoms with Crippen molar-refractivity contribution in [2.45, 2.75) is 26.8 Å². The van der Waals surface area contributed by atoms with Gasteiger partial charge in [0.15, 0.2) is 5.69 Å². The van der Waals surface area contributed by atoms with Crippen molar-refractivity contribution in [3.8, 4) is 0 Å². The number of hydrogen-bond donors (Lipinski definition) is 1. The molecule has 2 aromatic rings. The van der Waals surface area contributed by atoms with Gasteiger partial charge in [-0.15, -0.1) is 0 Å². The first kappa shape index (κ1) is 13.1. The predicted molar refractivity (Wildman–Crippen MR) is 67.7 cm³/mol. The molecule has 2 rings (SSSR count). The molecule has 0 amide bonds. The van der Waals surface area contributed by atoms with E-state index in [2.05, 4.69) is 14.7 Å². The Hall–Kier alpha value is -2.31. The SMILES string of the molecule is CCc1cnc(Cn2c(C)nc(C(=O)OC)c2N)o1. The van der Waals surface area contributed by atoms with Crippen LogP contribution in [0.5, 0.6) is 0 Å². The molecule has 7 heteroatoms. The fraction of sp³-hybridized carbons (Fsp3) is 0.417. The Kier molecular flexibility index (Phi) is 3.55. The number of carbonyl (C=O) groups is 1. The molecule has 0 saturated heterocycles. The summed E-state index contributed by atoms with van der Waals surface area (Å²) in [7, 11) is 1.29. The number of hydrogen-bond acceptors (Lipinski definition) is 6. The first-order valence-electron chi connectivity index (χ1n) is 5.91. The molecule has 0 fully saturated rings. The molecule has 19 heavy (non-hydrogen) atoms. The Balaban J connectivity index is 2.30. The highest BCUT2D eigenvalue weighted by atomic mass is 16.5. The molecule has 0 spiro atoms. The molecule has 0 unspecified atom stereocenters. The molecule has 102 valence electrons. The summed E-state index contributed by atoms with van der Waals surface area (Å²) in [5.74, 6) is 1.63. The zero-order valence-electron chi connectivity index (χ0n) is 11.1. The van der Waals surface area contributed by atoms with Gasteiger partial charge in [-0.3, -0.25) is 0 Å². The highest BCUT2D eigenvalue weighted by molar-refractivity contribution is 5.92. The van der Waals surface area contributed by atoms with Crippen LogP contribution in [0.3, 0.4) is 0 Å². The topological polar surface area (TPSA) is 96.2 Å². The fourth-order valence-electron chi connectivity index (χ4n) is 1.75. The molecule has 2 N–H and O–H groups in total. The lowest BCUT2D eigenvalue weighted by Crippen LogP contribution is -2.09. The minimum absolute atomic E-state index is 0.113. The Morgan fingerprint density at radius 2 is 2.32 bits per heavy atom. The number of nitrogens with two attached hydrogens (primary N) is 1. The van der Waals surface area contributed by atoms with Crippen LogP contribution in [0.25, 0.3) is 0 Å². The van der Waals surface area contributed by atoms with Crippen molar-refractivity contribution < 1.29 is 13.9 Å². The largest absolute Gasteiger partial charge is 0.464 e. The van der Waals surface area contributed by atoms with Gasteiger partial charge in [0.1, 0.15) is 23.9 Å². The summed E-state index contributed by atoms with van der Waals surface area (Å²) >= 11 is 0. The second-order valence-corrected chi connectivity index (χ2v) is 4.04. The summed E-state index contributed by atoms with van der Waals surface area (Å²) in [6, 6.07) is 0. The van der Waals surface area contributed by atoms with Crippen LogP contribution in [0, 0.1) is 6.92 Å². The number of aryl methyl sites for hydroxylation is 2. The number of carbonyl (C=O) groups excluding carboxylic acids is 1. The summed E-state index contributed by atoms with van der Waals surface area (Å²) < 4.78 is 11.8. The van der Waals surface area contributed by atoms with Gasteiger partial charge in [-0.1, -0.05) is 6.92 Å². The first-order chi connectivity index (χ1) is 9.06. The third kappa shape index (κ3) is 2.44. The second-order valence-electron chi connectivity index (χ2n) is 4.04. The fourth-order valence-corrected chi connectivity index (χ4v) is 1.75. The van der Waals surface area contributed by atoms with Crippen molar-refractivity contribution >= 4 is 11.8 Å². The van der Waals surface area contributed by atoms with E-state index in [1.807, 2.05) is 6.92 Å². The van der Waals surface area contributed by atoms with Crippen LogP contribution in [0.15, 0.2) is 10.6 Å². The molecule has 0 aliphatic heterocycles. The molecule has 0 aliphatic carbocycles. The molecular weight excluding hydrogens is 248 g/mol. The number of esters is 1. The van der Waals surface area contributed by atoms with E-state index < -0.39 is 5.97 Å². The van der Waals surface area contributed by atoms with Gasteiger partial charge >= 0.3 is 5.97 Å². The van der Waals surface area contributed by atoms with Gasteiger partial charge in [0, 0.05) is 6.42 Å². The molecule has 0 aromatic carbocycles. The maximum atomic E-state index is 11.5. The minimum atomic E-state index is -0.555. The minimum Gasteiger partial charge on any atom is -0.464 e. The number of imidazole rings is 1. The number of anilines is 1. The highest BCUT2D eigenvalue weighted by Gasteiger charge is 2.20. The molecule has 0 radical (unpaired) electrons. The standard InChI is InChI=1S/C12H16N4O3/c1-4-8-5-14-9(19-8)6-16-7(2)15-10(11(16)13)12(17)18-3/h5H,4,6,13H2,1-3H3. The lowest BCUT2D eigenvalue weighted by molar-refractivity contribution is 0.0595. The number of nitrogens with zero attached hydrogens (tertiary/aromatic N) is 3. The van der Waals surface area contributed by atoms with Crippen LogP contribution < -0.4 is 5.73 Å². The third-order valence-electron chi connectivity index (χ3n) is 2.82. The zero-order chi connectivity index (χ0) is 14.0. The summed E-state index contributed by atoms with van der Waals surface area (Å²) in [5, 5.41) is 0. The maximum Gasteiger partial charge on any atom is 0.360 e. The van der Waals surface area contributed by atoms with Gasteiger partial charge < -0.3 is 19.5 Å². The predicted octanol–water partition coefficient (Wildman–Crippen LogP) is 1.16. The lowest BCUT2D eigenvalue weighted by Gasteiger charge is -2.04. The van der Waals surface area contributed by atoms with Crippen LogP contribution in [-0.2, 0) is 17.7 Å². The molecule has 7 nitrogen and oxygen atoms in total. The Morgan fingerprint density at radius 1 is 1.58 bits per heavy atom. The van der Waals surface area contributed by atoms with Gasteiger partial charge in [0.25, 0.3) is 0 Å². The van der Waals surface area contributed by atoms with Gasteiger partial charge in [0.2, 0.25) is 5.89 Å². The summed E-state index contributed by atoms with van der Waals surface area (Å²) in [6.45, 7) is 4.07. The molecule has 0 saturated carbocycles. The average molecular weight is 264 g/mol. The lowest BCUT2D eigenvalue weighted by atomic mass is 10.4. The van der Waals surface area contributed by atoms with Crippen LogP contribution in [0.2, 0.25) is 0 Å². The second kappa shape index (κ2) is 5.13. The normalized spacial score (nSPS) is 10.7. The van der Waals surface area contributed by atoms with Crippen molar-refractivity contribution in [2.24, 2.45) is 0 Å². The van der Waals surface area contributed by atoms with E-state index in [1.165, 1.54) is 7.11 Å². The van der Waals surface area contributed by atoms with Crippen molar-refractivity contribution in [3.63, 3.8) is 0 Å². The van der Waals surface area contributed by atoms with Gasteiger partial charge in [0.05, 0.1) is 13.3 Å². The average Bonchev–Trinajstić information content (AvgIpc) is 2.97. The van der Waals surface area contributed by atoms with E-state index in [1.54, 1.807) is 17.7 Å². The first-order valence-corrected chi connectivity index (χ1v) is 5.91. The van der Waals surface area contributed by atoms with E-state index in [4.69, 9.17) is 10.2 Å². The van der Waals surface area contributed by atoms with Gasteiger partial charge in [-0.05, 0) is 6.92 Å². The van der Waals surface area contributed by atoms with E-state index in [0.717, 1.165) is 12.2 Å². The van der Waals surface area contributed by atoms with Crippen molar-refractivity contribution in [1.29, 1.82) is 0 Å². The van der Waals surface area contributed by atoms with Gasteiger partial charge in [-0.25, -0.2) is 14.8 Å². The number of aromatic nitrogens is 3. The smallest absolute Gasteiger partial charge is 0.360 e. The van der Waals surface area contributed by atoms with Gasteiger partial charge in [-0.2, -0.15) is 0 Å². The maximum absolute atomic E-state index is 11.5. The Morgan fingerprint density at radius 3 is 2.89 bits per heavy atom. The van der Waals surface area contributed by atoms with Crippen molar-refractivity contribution in [1.82, 2.24) is 14.5 Å². The highest BCUT2D eigenvalue weighted by Crippen LogP contribution is 2.17. The van der Waals surface area contributed by atoms with E-state index in [-0.39, 0.29) is 11.5 Å². The molecule has 0 bridgehead atoms. The van der Waals surface area contributed by atoms with E-state index >= 15 is 0 Å². The Bertz CT molecular complexity index is 600. The van der Waals surface area contributed by atoms with Crippen LogP contribution in [-0.4, -0.2) is 27.6 Å². The molecule has 0 atom stereocenters. The number of ether oxygens (including phenoxy) is 1. The van der Waals surface area contributed by atoms with E-state index in [9.17, 15) is 4.79 Å². The van der Waals surface area contributed by atoms with Crippen molar-refractivity contribution in [2.75, 3.05) is 12.8 Å².